The number of nitrogen functional groups attached to an aromatic ring is 1. The molecule has 2 aromatic carbocycles. The van der Waals surface area contributed by atoms with Gasteiger partial charge in [0.05, 0.1) is 50.8 Å². The predicted molar refractivity (Wildman–Crippen MR) is 169 cm³/mol. The molecule has 0 bridgehead atoms. The number of phenols is 1. The number of benzene rings is 2. The SMILES string of the molecule is COc1cc(=O)c2c(=O)c3c(c(=O)c=2c1=O)=C(O)C1(CCc2cc4cc(/C=N/NC(=O)c5ccccc5N)[nH]c(=O)c4c(O)c21)C=3O. The highest BCUT2D eigenvalue weighted by atomic mass is 16.5. The smallest absolute Gasteiger partial charge is 0.273 e. The first-order chi connectivity index (χ1) is 22.4. The molecule has 1 aromatic heterocycles. The van der Waals surface area contributed by atoms with Gasteiger partial charge in [-0.15, -0.1) is 0 Å². The molecule has 7 rings (SSSR count). The number of hydrogen-bond donors (Lipinski definition) is 6. The first kappa shape index (κ1) is 29.2. The first-order valence-electron chi connectivity index (χ1n) is 14.1. The lowest BCUT2D eigenvalue weighted by Gasteiger charge is -2.27. The second-order valence-corrected chi connectivity index (χ2v) is 11.2. The highest BCUT2D eigenvalue weighted by Gasteiger charge is 2.53. The molecule has 4 aliphatic carbocycles. The molecule has 1 atom stereocenters. The molecule has 3 aromatic rings. The Kier molecular flexibility index (Phi) is 6.18. The Hall–Kier alpha value is -6.57. The molecule has 1 spiro atoms. The number of amides is 1. The van der Waals surface area contributed by atoms with Gasteiger partial charge in [0.2, 0.25) is 16.3 Å². The molecule has 0 fully saturated rings. The fraction of sp³-hybridized carbons (Fsp3) is 0.121. The van der Waals surface area contributed by atoms with E-state index in [2.05, 4.69) is 15.5 Å². The number of aliphatic hydroxyl groups excluding tert-OH is 2. The van der Waals surface area contributed by atoms with Crippen molar-refractivity contribution in [2.24, 2.45) is 5.10 Å². The fourth-order valence-electron chi connectivity index (χ4n) is 6.76. The summed E-state index contributed by atoms with van der Waals surface area (Å²) in [5.41, 5.74) is 1.87. The molecule has 0 radical (unpaired) electrons. The minimum Gasteiger partial charge on any atom is -0.510 e. The van der Waals surface area contributed by atoms with Crippen LogP contribution in [-0.2, 0) is 11.8 Å². The number of fused-ring (bicyclic) bond motifs is 4. The highest BCUT2D eigenvalue weighted by Crippen LogP contribution is 2.54. The van der Waals surface area contributed by atoms with Gasteiger partial charge in [-0.3, -0.25) is 28.8 Å². The van der Waals surface area contributed by atoms with Crippen LogP contribution in [0, 0.1) is 10.4 Å². The van der Waals surface area contributed by atoms with Crippen molar-refractivity contribution in [1.29, 1.82) is 0 Å². The third-order valence-electron chi connectivity index (χ3n) is 8.85. The number of nitrogens with one attached hydrogen (secondary N) is 2. The number of ether oxygens (including phenoxy) is 1. The maximum Gasteiger partial charge on any atom is 0.273 e. The average Bonchev–Trinajstić information content (AvgIpc) is 3.53. The molecule has 1 heterocycles. The number of H-pyrrole nitrogens is 1. The summed E-state index contributed by atoms with van der Waals surface area (Å²) in [6.45, 7) is 0. The second-order valence-electron chi connectivity index (χ2n) is 11.2. The number of phenolic OH excluding ortho intramolecular Hbond substituents is 1. The van der Waals surface area contributed by atoms with Crippen molar-refractivity contribution in [3.63, 3.8) is 0 Å². The zero-order valence-corrected chi connectivity index (χ0v) is 24.3. The van der Waals surface area contributed by atoms with Gasteiger partial charge in [0.15, 0.2) is 11.2 Å². The average molecular weight is 635 g/mol. The Morgan fingerprint density at radius 1 is 0.957 bits per heavy atom. The Bertz CT molecular complexity index is 2780. The Morgan fingerprint density at radius 3 is 2.32 bits per heavy atom. The van der Waals surface area contributed by atoms with Crippen LogP contribution in [0.3, 0.4) is 0 Å². The molecule has 47 heavy (non-hydrogen) atoms. The van der Waals surface area contributed by atoms with Crippen molar-refractivity contribution in [3.05, 3.63) is 137 Å². The van der Waals surface area contributed by atoms with Gasteiger partial charge in [-0.1, -0.05) is 18.2 Å². The second kappa shape index (κ2) is 9.97. The number of para-hydroxylation sites is 1. The van der Waals surface area contributed by atoms with E-state index in [9.17, 15) is 44.1 Å². The number of hydrogen-bond acceptors (Lipinski definition) is 12. The van der Waals surface area contributed by atoms with E-state index in [-0.39, 0.29) is 46.1 Å². The summed E-state index contributed by atoms with van der Waals surface area (Å²) >= 11 is 0. The maximum atomic E-state index is 13.6. The van der Waals surface area contributed by atoms with Crippen LogP contribution >= 0.6 is 0 Å². The minimum absolute atomic E-state index is 0.110. The number of aryl methyl sites for hydroxylation is 1. The van der Waals surface area contributed by atoms with Crippen LogP contribution in [0.25, 0.3) is 22.3 Å². The number of methoxy groups -OCH3 is 1. The first-order valence-corrected chi connectivity index (χ1v) is 14.1. The lowest BCUT2D eigenvalue weighted by Crippen LogP contribution is -2.51. The molecular formula is C33H22N4O10. The van der Waals surface area contributed by atoms with Crippen LogP contribution in [0.2, 0.25) is 0 Å². The van der Waals surface area contributed by atoms with Gasteiger partial charge < -0.3 is 30.8 Å². The number of carbonyl (C=O) groups is 1. The van der Waals surface area contributed by atoms with Crippen LogP contribution in [0.5, 0.6) is 11.5 Å². The van der Waals surface area contributed by atoms with Gasteiger partial charge in [0.25, 0.3) is 11.5 Å². The van der Waals surface area contributed by atoms with E-state index in [1.807, 2.05) is 0 Å². The summed E-state index contributed by atoms with van der Waals surface area (Å²) < 4.78 is 4.89. The molecular weight excluding hydrogens is 612 g/mol. The van der Waals surface area contributed by atoms with E-state index in [0.717, 1.165) is 13.2 Å². The van der Waals surface area contributed by atoms with Crippen molar-refractivity contribution in [1.82, 2.24) is 10.4 Å². The monoisotopic (exact) mass is 634 g/mol. The third-order valence-corrected chi connectivity index (χ3v) is 8.85. The molecule has 0 saturated carbocycles. The molecule has 14 heteroatoms. The molecule has 14 nitrogen and oxygen atoms in total. The number of aromatic amines is 1. The van der Waals surface area contributed by atoms with Crippen molar-refractivity contribution < 1.29 is 24.9 Å². The Morgan fingerprint density at radius 2 is 1.64 bits per heavy atom. The number of nitrogens with two attached hydrogens (primary N) is 1. The zero-order valence-electron chi connectivity index (χ0n) is 24.3. The Balaban J connectivity index is 1.40. The zero-order chi connectivity index (χ0) is 33.5. The summed E-state index contributed by atoms with van der Waals surface area (Å²) in [6.07, 6.45) is 1.16. The summed E-state index contributed by atoms with van der Waals surface area (Å²) in [5, 5.41) is 35.7. The van der Waals surface area contributed by atoms with E-state index < -0.39 is 82.5 Å². The van der Waals surface area contributed by atoms with Gasteiger partial charge in [-0.25, -0.2) is 5.43 Å². The van der Waals surface area contributed by atoms with Crippen molar-refractivity contribution in [3.8, 4) is 11.5 Å². The van der Waals surface area contributed by atoms with Gasteiger partial charge in [-0.2, -0.15) is 5.10 Å². The quantitative estimate of drug-likeness (QED) is 0.0785. The number of aromatic hydroxyl groups is 1. The van der Waals surface area contributed by atoms with E-state index in [1.54, 1.807) is 24.3 Å². The largest absolute Gasteiger partial charge is 0.510 e. The van der Waals surface area contributed by atoms with E-state index in [1.165, 1.54) is 18.3 Å². The van der Waals surface area contributed by atoms with E-state index in [4.69, 9.17) is 10.5 Å². The topological polar surface area (TPSA) is 239 Å². The van der Waals surface area contributed by atoms with Crippen LogP contribution < -0.4 is 53.6 Å². The van der Waals surface area contributed by atoms with Crippen LogP contribution in [-0.4, -0.2) is 39.5 Å². The molecule has 7 N–H and O–H groups in total. The molecule has 0 saturated heterocycles. The highest BCUT2D eigenvalue weighted by molar-refractivity contribution is 6.00. The molecule has 0 aliphatic heterocycles. The third kappa shape index (κ3) is 3.81. The van der Waals surface area contributed by atoms with Gasteiger partial charge in [0.1, 0.15) is 22.7 Å². The fourth-order valence-corrected chi connectivity index (χ4v) is 6.76. The van der Waals surface area contributed by atoms with E-state index in [0.29, 0.717) is 5.56 Å². The Labute approximate surface area is 260 Å². The number of anilines is 1. The predicted octanol–water partition coefficient (Wildman–Crippen LogP) is -1.14. The molecule has 234 valence electrons. The van der Waals surface area contributed by atoms with Crippen LogP contribution in [0.4, 0.5) is 5.69 Å². The van der Waals surface area contributed by atoms with Crippen molar-refractivity contribution >= 4 is 40.1 Å². The lowest BCUT2D eigenvalue weighted by molar-refractivity contribution is 0.0956. The summed E-state index contributed by atoms with van der Waals surface area (Å²) in [6, 6.07) is 10.2. The van der Waals surface area contributed by atoms with Crippen LogP contribution in [0.1, 0.15) is 33.6 Å². The number of aromatic nitrogens is 1. The molecule has 1 amide bonds. The van der Waals surface area contributed by atoms with Gasteiger partial charge in [-0.05, 0) is 42.0 Å². The van der Waals surface area contributed by atoms with Gasteiger partial charge >= 0.3 is 0 Å². The number of aliphatic hydroxyl groups is 2. The standard InChI is InChI=1S/C33H22N4O10/c1-47-18-10-17(38)20-21(25(18)39)27(41)23-22(26(20)40)29(43)33(30(23)44)7-6-12-8-13-9-14(36-32(46)19(13)28(42)24(12)33)11-35-37-31(45)15-4-2-3-5-16(15)34/h2-5,8-11,42-44H,6-7,34H2,1H3,(H,36,46)(H,37,45)/b35-11+. The van der Waals surface area contributed by atoms with Gasteiger partial charge in [0, 0.05) is 17.3 Å². The number of nitrogens with zero attached hydrogens (tertiary/aromatic N) is 1. The number of hydrazone groups is 1. The maximum absolute atomic E-state index is 13.6. The van der Waals surface area contributed by atoms with E-state index >= 15 is 0 Å². The molecule has 4 aliphatic rings. The summed E-state index contributed by atoms with van der Waals surface area (Å²) in [4.78, 5) is 81.2. The normalized spacial score (nSPS) is 16.8. The number of pyridine rings is 1. The van der Waals surface area contributed by atoms with Crippen LogP contribution in [0.15, 0.2) is 71.5 Å². The number of carbonyl (C=O) groups excluding carboxylic acids is 1. The summed E-state index contributed by atoms with van der Waals surface area (Å²) in [5.74, 6) is -3.27. The van der Waals surface area contributed by atoms with Crippen molar-refractivity contribution in [2.45, 2.75) is 18.3 Å². The summed E-state index contributed by atoms with van der Waals surface area (Å²) in [7, 11) is 1.11. The lowest BCUT2D eigenvalue weighted by atomic mass is 9.78. The minimum atomic E-state index is -2.02. The number of rotatable bonds is 4. The van der Waals surface area contributed by atoms with Crippen molar-refractivity contribution in [2.75, 3.05) is 12.8 Å². The molecule has 1 unspecified atom stereocenters.